The van der Waals surface area contributed by atoms with Crippen LogP contribution in [0.5, 0.6) is 0 Å². The average Bonchev–Trinajstić information content (AvgIpc) is 3.27. The highest BCUT2D eigenvalue weighted by atomic mass is 16.5. The number of ketones is 2. The van der Waals surface area contributed by atoms with Crippen LogP contribution in [-0.4, -0.2) is 58.8 Å². The van der Waals surface area contributed by atoms with E-state index >= 15 is 0 Å². The predicted molar refractivity (Wildman–Crippen MR) is 144 cm³/mol. The zero-order valence-electron chi connectivity index (χ0n) is 22.5. The Hall–Kier alpha value is -2.77. The third-order valence-electron chi connectivity index (χ3n) is 8.42. The summed E-state index contributed by atoms with van der Waals surface area (Å²) in [6.07, 6.45) is 8.90. The topological polar surface area (TPSA) is 80.6 Å². The SMILES string of the molecule is CCC(=O)[C@@H]1C[C@]23COC/C=C\CCNCc4cc(C(C)C)cc5c(C(C)=O)cn(c45)CC(=O)N1[C@@H]2C3. The van der Waals surface area contributed by atoms with Gasteiger partial charge in [-0.2, -0.15) is 0 Å². The van der Waals surface area contributed by atoms with Gasteiger partial charge in [0.15, 0.2) is 11.6 Å². The van der Waals surface area contributed by atoms with Gasteiger partial charge in [-0.05, 0) is 55.8 Å². The Bertz CT molecular complexity index is 1260. The molecule has 1 N–H and O–H groups in total. The van der Waals surface area contributed by atoms with Crippen LogP contribution in [0.3, 0.4) is 0 Å². The molecular weight excluding hydrogens is 466 g/mol. The van der Waals surface area contributed by atoms with Crippen LogP contribution in [0.2, 0.25) is 0 Å². The zero-order chi connectivity index (χ0) is 26.3. The van der Waals surface area contributed by atoms with Crippen molar-refractivity contribution < 1.29 is 19.1 Å². The van der Waals surface area contributed by atoms with Crippen molar-refractivity contribution in [2.45, 2.75) is 84.5 Å². The highest BCUT2D eigenvalue weighted by molar-refractivity contribution is 6.08. The normalized spacial score (nSPS) is 27.3. The molecule has 3 atom stereocenters. The quantitative estimate of drug-likeness (QED) is 0.493. The Kier molecular flexibility index (Phi) is 7.12. The zero-order valence-corrected chi connectivity index (χ0v) is 22.5. The van der Waals surface area contributed by atoms with Crippen molar-refractivity contribution >= 4 is 28.4 Å². The number of ether oxygens (including phenoxy) is 1. The number of hydrogen-bond donors (Lipinski definition) is 1. The van der Waals surface area contributed by atoms with Gasteiger partial charge < -0.3 is 19.5 Å². The highest BCUT2D eigenvalue weighted by Crippen LogP contribution is 2.60. The first-order valence-electron chi connectivity index (χ1n) is 13.7. The van der Waals surface area contributed by atoms with Crippen molar-refractivity contribution in [1.82, 2.24) is 14.8 Å². The maximum Gasteiger partial charge on any atom is 0.243 e. The lowest BCUT2D eigenvalue weighted by Gasteiger charge is -2.27. The predicted octanol–water partition coefficient (Wildman–Crippen LogP) is 4.37. The van der Waals surface area contributed by atoms with Crippen molar-refractivity contribution in [3.63, 3.8) is 0 Å². The summed E-state index contributed by atoms with van der Waals surface area (Å²) < 4.78 is 7.94. The standard InChI is InChI=1S/C30H39N3O4/c1-5-26(35)25-13-30-14-27(30)33(25)28(36)17-32-16-24(20(4)34)23-12-21(19(2)3)11-22(29(23)32)15-31-9-7-6-8-10-37-18-30/h6,8,11-12,16,19,25,27,31H,5,7,9-10,13-15,17-18H2,1-4H3/b8-6-/t25-,27+,30-/m0/s1. The van der Waals surface area contributed by atoms with Crippen LogP contribution in [0, 0.1) is 5.41 Å². The molecular formula is C30H39N3O4. The minimum absolute atomic E-state index is 0.0122. The molecule has 3 aliphatic rings. The molecule has 3 heterocycles. The lowest BCUT2D eigenvalue weighted by atomic mass is 9.96. The summed E-state index contributed by atoms with van der Waals surface area (Å²) in [4.78, 5) is 41.3. The number of piperidine rings is 1. The van der Waals surface area contributed by atoms with E-state index in [0.717, 1.165) is 35.9 Å². The van der Waals surface area contributed by atoms with E-state index in [9.17, 15) is 14.4 Å². The van der Waals surface area contributed by atoms with Crippen molar-refractivity contribution in [2.24, 2.45) is 5.41 Å². The molecule has 0 unspecified atom stereocenters. The number of benzene rings is 1. The average molecular weight is 506 g/mol. The van der Waals surface area contributed by atoms with Crippen LogP contribution in [0.4, 0.5) is 0 Å². The van der Waals surface area contributed by atoms with Gasteiger partial charge in [0.25, 0.3) is 0 Å². The lowest BCUT2D eigenvalue weighted by Crippen LogP contribution is -2.44. The van der Waals surface area contributed by atoms with Crippen molar-refractivity contribution in [1.29, 1.82) is 0 Å². The molecule has 7 heteroatoms. The summed E-state index contributed by atoms with van der Waals surface area (Å²) in [5, 5.41) is 4.44. The molecule has 1 amide bonds. The van der Waals surface area contributed by atoms with Gasteiger partial charge >= 0.3 is 0 Å². The summed E-state index contributed by atoms with van der Waals surface area (Å²) in [7, 11) is 0. The van der Waals surface area contributed by atoms with Crippen LogP contribution in [0.15, 0.2) is 30.5 Å². The molecule has 2 aromatic rings. The molecule has 37 heavy (non-hydrogen) atoms. The van der Waals surface area contributed by atoms with E-state index in [1.165, 1.54) is 5.56 Å². The van der Waals surface area contributed by atoms with Crippen LogP contribution < -0.4 is 5.32 Å². The Morgan fingerprint density at radius 2 is 2.03 bits per heavy atom. The maximum absolute atomic E-state index is 13.9. The molecule has 0 spiro atoms. The number of rotatable bonds is 4. The van der Waals surface area contributed by atoms with E-state index in [1.807, 2.05) is 22.6 Å². The number of nitrogens with zero attached hydrogens (tertiary/aromatic N) is 2. The molecule has 1 saturated carbocycles. The van der Waals surface area contributed by atoms with Gasteiger partial charge in [0.05, 0.1) is 24.8 Å². The van der Waals surface area contributed by atoms with E-state index in [-0.39, 0.29) is 35.5 Å². The van der Waals surface area contributed by atoms with E-state index in [2.05, 4.69) is 43.4 Å². The molecule has 1 saturated heterocycles. The summed E-state index contributed by atoms with van der Waals surface area (Å²) >= 11 is 0. The molecule has 0 radical (unpaired) electrons. The van der Waals surface area contributed by atoms with Gasteiger partial charge in [-0.15, -0.1) is 0 Å². The van der Waals surface area contributed by atoms with Gasteiger partial charge in [0.1, 0.15) is 6.54 Å². The fourth-order valence-electron chi connectivity index (χ4n) is 6.28. The number of hydrogen-bond acceptors (Lipinski definition) is 5. The second-order valence-corrected chi connectivity index (χ2v) is 11.3. The number of carbonyl (C=O) groups excluding carboxylic acids is 3. The number of amides is 1. The Morgan fingerprint density at radius 3 is 2.76 bits per heavy atom. The molecule has 7 nitrogen and oxygen atoms in total. The Balaban J connectivity index is 1.59. The minimum atomic E-state index is -0.392. The largest absolute Gasteiger partial charge is 0.377 e. The fourth-order valence-corrected chi connectivity index (χ4v) is 6.28. The Morgan fingerprint density at radius 1 is 1.22 bits per heavy atom. The molecule has 1 aromatic heterocycles. The van der Waals surface area contributed by atoms with Gasteiger partial charge in [-0.3, -0.25) is 14.4 Å². The van der Waals surface area contributed by atoms with Crippen LogP contribution >= 0.6 is 0 Å². The third kappa shape index (κ3) is 4.79. The molecule has 5 rings (SSSR count). The van der Waals surface area contributed by atoms with E-state index in [0.29, 0.717) is 44.1 Å². The van der Waals surface area contributed by atoms with Gasteiger partial charge in [0, 0.05) is 41.6 Å². The molecule has 1 aliphatic carbocycles. The molecule has 198 valence electrons. The summed E-state index contributed by atoms with van der Waals surface area (Å²) in [5.41, 5.74) is 3.71. The monoisotopic (exact) mass is 505 g/mol. The van der Waals surface area contributed by atoms with E-state index in [4.69, 9.17) is 4.74 Å². The summed E-state index contributed by atoms with van der Waals surface area (Å²) in [6.45, 7) is 10.5. The summed E-state index contributed by atoms with van der Waals surface area (Å²) in [6, 6.07) is 3.96. The van der Waals surface area contributed by atoms with Crippen LogP contribution in [0.1, 0.15) is 80.8 Å². The second kappa shape index (κ2) is 10.2. The van der Waals surface area contributed by atoms with Crippen molar-refractivity contribution in [2.75, 3.05) is 19.8 Å². The number of carbonyl (C=O) groups is 3. The smallest absolute Gasteiger partial charge is 0.243 e. The van der Waals surface area contributed by atoms with Gasteiger partial charge in [0.2, 0.25) is 5.91 Å². The maximum atomic E-state index is 13.9. The van der Waals surface area contributed by atoms with Gasteiger partial charge in [-0.25, -0.2) is 0 Å². The number of aromatic nitrogens is 1. The van der Waals surface area contributed by atoms with E-state index < -0.39 is 6.04 Å². The third-order valence-corrected chi connectivity index (χ3v) is 8.42. The number of nitrogens with one attached hydrogen (secondary N) is 1. The first-order valence-corrected chi connectivity index (χ1v) is 13.7. The molecule has 2 aliphatic heterocycles. The lowest BCUT2D eigenvalue weighted by molar-refractivity contribution is -0.139. The highest BCUT2D eigenvalue weighted by Gasteiger charge is 2.66. The molecule has 2 bridgehead atoms. The van der Waals surface area contributed by atoms with Crippen LogP contribution in [-0.2, 0) is 27.4 Å². The van der Waals surface area contributed by atoms with Crippen molar-refractivity contribution in [3.05, 3.63) is 47.2 Å². The van der Waals surface area contributed by atoms with Crippen molar-refractivity contribution in [3.8, 4) is 0 Å². The van der Waals surface area contributed by atoms with Gasteiger partial charge in [-0.1, -0.05) is 39.0 Å². The first-order chi connectivity index (χ1) is 17.8. The first kappa shape index (κ1) is 25.9. The fraction of sp³-hybridized carbons (Fsp3) is 0.567. The Labute approximate surface area is 219 Å². The summed E-state index contributed by atoms with van der Waals surface area (Å²) in [5.74, 6) is 0.356. The molecule has 2 fully saturated rings. The number of Topliss-reactive ketones (excluding diaryl/α,β-unsaturated/α-hetero) is 2. The molecule has 1 aromatic carbocycles. The van der Waals surface area contributed by atoms with E-state index in [1.54, 1.807) is 6.92 Å². The van der Waals surface area contributed by atoms with Crippen LogP contribution in [0.25, 0.3) is 10.9 Å². The second-order valence-electron chi connectivity index (χ2n) is 11.3. The minimum Gasteiger partial charge on any atom is -0.377 e.